The Morgan fingerprint density at radius 1 is 0.941 bits per heavy atom. The normalized spacial score (nSPS) is 23.0. The molecule has 0 aromatic heterocycles. The van der Waals surface area contributed by atoms with Crippen molar-refractivity contribution in [1.82, 2.24) is 4.90 Å². The topological polar surface area (TPSA) is 70.4 Å². The third-order valence-electron chi connectivity index (χ3n) is 7.94. The van der Waals surface area contributed by atoms with E-state index in [0.29, 0.717) is 25.2 Å². The summed E-state index contributed by atoms with van der Waals surface area (Å²) < 4.78 is 5.97. The Bertz CT molecular complexity index is 1050. The number of carbonyl (C=O) groups excluding carboxylic acids is 2. The Hall–Kier alpha value is -3.13. The van der Waals surface area contributed by atoms with Crippen LogP contribution in [0.15, 0.2) is 48.5 Å². The maximum absolute atomic E-state index is 13.3. The molecule has 2 saturated heterocycles. The van der Waals surface area contributed by atoms with Crippen molar-refractivity contribution < 1.29 is 14.3 Å². The average Bonchev–Trinajstić information content (AvgIpc) is 3.18. The van der Waals surface area contributed by atoms with Crippen LogP contribution >= 0.6 is 0 Å². The Balaban J connectivity index is 1.23. The van der Waals surface area contributed by atoms with Gasteiger partial charge in [0.25, 0.3) is 0 Å². The van der Waals surface area contributed by atoms with Crippen molar-refractivity contribution >= 4 is 11.9 Å². The molecule has 2 bridgehead atoms. The number of hydrogen-bond acceptors (Lipinski definition) is 4. The van der Waals surface area contributed by atoms with Gasteiger partial charge in [0.2, 0.25) is 0 Å². The predicted octanol–water partition coefficient (Wildman–Crippen LogP) is 6.22. The van der Waals surface area contributed by atoms with E-state index < -0.39 is 0 Å². The summed E-state index contributed by atoms with van der Waals surface area (Å²) in [5.41, 5.74) is 4.89. The van der Waals surface area contributed by atoms with Crippen molar-refractivity contribution in [2.24, 2.45) is 5.92 Å². The number of fused-ring (bicyclic) bond motifs is 5. The van der Waals surface area contributed by atoms with Crippen molar-refractivity contribution in [3.8, 4) is 17.2 Å². The first-order valence-electron chi connectivity index (χ1n) is 12.7. The van der Waals surface area contributed by atoms with Gasteiger partial charge in [-0.3, -0.25) is 4.79 Å². The maximum atomic E-state index is 13.3. The van der Waals surface area contributed by atoms with Gasteiger partial charge in [-0.15, -0.1) is 0 Å². The average molecular weight is 457 g/mol. The summed E-state index contributed by atoms with van der Waals surface area (Å²) in [4.78, 5) is 28.0. The second kappa shape index (κ2) is 10.0. The van der Waals surface area contributed by atoms with Crippen LogP contribution in [0.4, 0.5) is 4.79 Å². The molecule has 5 heteroatoms. The molecule has 2 atom stereocenters. The van der Waals surface area contributed by atoms with Crippen LogP contribution in [0.25, 0.3) is 11.1 Å². The molecule has 34 heavy (non-hydrogen) atoms. The molecule has 0 saturated carbocycles. The highest BCUT2D eigenvalue weighted by atomic mass is 16.6. The molecule has 3 aliphatic rings. The van der Waals surface area contributed by atoms with Crippen LogP contribution in [-0.4, -0.2) is 35.5 Å². The lowest BCUT2D eigenvalue weighted by atomic mass is 9.76. The van der Waals surface area contributed by atoms with Gasteiger partial charge >= 0.3 is 6.09 Å². The van der Waals surface area contributed by atoms with E-state index in [9.17, 15) is 9.59 Å². The van der Waals surface area contributed by atoms with Crippen molar-refractivity contribution in [1.29, 1.82) is 5.26 Å². The summed E-state index contributed by atoms with van der Waals surface area (Å²) >= 11 is 0. The summed E-state index contributed by atoms with van der Waals surface area (Å²) in [5.74, 6) is 0.403. The highest BCUT2D eigenvalue weighted by Crippen LogP contribution is 2.45. The van der Waals surface area contributed by atoms with E-state index in [1.165, 1.54) is 22.3 Å². The van der Waals surface area contributed by atoms with Gasteiger partial charge in [0, 0.05) is 36.8 Å². The molecule has 2 heterocycles. The maximum Gasteiger partial charge on any atom is 0.410 e. The Morgan fingerprint density at radius 2 is 1.56 bits per heavy atom. The van der Waals surface area contributed by atoms with Gasteiger partial charge in [-0.25, -0.2) is 4.79 Å². The summed E-state index contributed by atoms with van der Waals surface area (Å²) in [6.45, 7) is 0.337. The number of nitriles is 1. The van der Waals surface area contributed by atoms with Gasteiger partial charge in [0.15, 0.2) is 0 Å². The first-order chi connectivity index (χ1) is 16.7. The lowest BCUT2D eigenvalue weighted by Gasteiger charge is -2.47. The first kappa shape index (κ1) is 22.7. The van der Waals surface area contributed by atoms with E-state index >= 15 is 0 Å². The minimum atomic E-state index is -0.225. The Morgan fingerprint density at radius 3 is 2.18 bits per heavy atom. The number of nitrogens with zero attached hydrogens (tertiary/aromatic N) is 2. The lowest BCUT2D eigenvalue weighted by Crippen LogP contribution is -2.55. The van der Waals surface area contributed by atoms with Crippen molar-refractivity contribution in [2.45, 2.75) is 75.8 Å². The fourth-order valence-corrected chi connectivity index (χ4v) is 6.32. The van der Waals surface area contributed by atoms with E-state index in [-0.39, 0.29) is 30.0 Å². The summed E-state index contributed by atoms with van der Waals surface area (Å²) in [6, 6.07) is 19.1. The molecule has 1 aliphatic carbocycles. The molecule has 5 nitrogen and oxygen atoms in total. The number of piperidine rings is 2. The molecule has 176 valence electrons. The second-order valence-corrected chi connectivity index (χ2v) is 9.95. The van der Waals surface area contributed by atoms with E-state index in [2.05, 4.69) is 42.5 Å². The van der Waals surface area contributed by atoms with Crippen LogP contribution in [0.5, 0.6) is 0 Å². The summed E-state index contributed by atoms with van der Waals surface area (Å²) in [6.07, 6.45) is 6.90. The zero-order valence-electron chi connectivity index (χ0n) is 19.6. The number of unbranched alkanes of at least 4 members (excludes halogenated alkanes) is 2. The van der Waals surface area contributed by atoms with Gasteiger partial charge in [-0.2, -0.15) is 5.26 Å². The van der Waals surface area contributed by atoms with E-state index in [4.69, 9.17) is 10.00 Å². The Labute approximate surface area is 201 Å². The van der Waals surface area contributed by atoms with E-state index in [0.717, 1.165) is 44.9 Å². The molecule has 5 rings (SSSR count). The third-order valence-corrected chi connectivity index (χ3v) is 7.94. The van der Waals surface area contributed by atoms with Crippen molar-refractivity contribution in [3.63, 3.8) is 0 Å². The van der Waals surface area contributed by atoms with Crippen molar-refractivity contribution in [2.75, 3.05) is 6.61 Å². The summed E-state index contributed by atoms with van der Waals surface area (Å²) in [5, 5.41) is 8.70. The van der Waals surface area contributed by atoms with Crippen LogP contribution in [0.1, 0.15) is 74.8 Å². The Kier molecular flexibility index (Phi) is 6.67. The second-order valence-electron chi connectivity index (χ2n) is 9.95. The molecule has 0 spiro atoms. The van der Waals surface area contributed by atoms with Crippen LogP contribution < -0.4 is 0 Å². The van der Waals surface area contributed by atoms with Gasteiger partial charge < -0.3 is 9.64 Å². The highest BCUT2D eigenvalue weighted by Gasteiger charge is 2.43. The lowest BCUT2D eigenvalue weighted by molar-refractivity contribution is -0.126. The zero-order valence-corrected chi connectivity index (χ0v) is 19.6. The minimum absolute atomic E-state index is 0.0371. The van der Waals surface area contributed by atoms with Crippen LogP contribution in [0.2, 0.25) is 0 Å². The number of ether oxygens (including phenoxy) is 1. The summed E-state index contributed by atoms with van der Waals surface area (Å²) in [7, 11) is 0. The largest absolute Gasteiger partial charge is 0.448 e. The molecular weight excluding hydrogens is 424 g/mol. The number of amides is 1. The standard InChI is InChI=1S/C29H32N2O3/c30-16-7-1-2-15-28(32)20-17-21-9-8-10-22(18-20)31(21)29(33)34-19-27-25-13-5-3-11-23(25)24-12-4-6-14-26(24)27/h3-6,11-14,20-22,27H,1-2,7-10,15,17-19H2. The molecule has 2 aromatic rings. The van der Waals surface area contributed by atoms with Crippen LogP contribution in [0, 0.1) is 17.2 Å². The molecule has 2 fully saturated rings. The SMILES string of the molecule is N#CCCCCC(=O)C1CC2CCCC(C1)N2C(=O)OCC1c2ccccc2-c2ccccc21. The quantitative estimate of drug-likeness (QED) is 0.464. The molecule has 2 aromatic carbocycles. The molecule has 0 N–H and O–H groups in total. The van der Waals surface area contributed by atoms with Crippen LogP contribution in [0.3, 0.4) is 0 Å². The zero-order chi connectivity index (χ0) is 23.5. The number of carbonyl (C=O) groups is 2. The molecule has 2 aliphatic heterocycles. The van der Waals surface area contributed by atoms with Gasteiger partial charge in [0.1, 0.15) is 12.4 Å². The first-order valence-corrected chi connectivity index (χ1v) is 12.7. The van der Waals surface area contributed by atoms with E-state index in [1.807, 2.05) is 17.0 Å². The molecule has 1 amide bonds. The monoisotopic (exact) mass is 456 g/mol. The predicted molar refractivity (Wildman–Crippen MR) is 130 cm³/mol. The minimum Gasteiger partial charge on any atom is -0.448 e. The molecule has 2 unspecified atom stereocenters. The molecule has 0 radical (unpaired) electrons. The van der Waals surface area contributed by atoms with E-state index in [1.54, 1.807) is 0 Å². The van der Waals surface area contributed by atoms with Gasteiger partial charge in [-0.1, -0.05) is 48.5 Å². The highest BCUT2D eigenvalue weighted by molar-refractivity contribution is 5.82. The number of ketones is 1. The smallest absolute Gasteiger partial charge is 0.410 e. The van der Waals surface area contributed by atoms with Gasteiger partial charge in [-0.05, 0) is 67.2 Å². The molecular formula is C29H32N2O3. The third kappa shape index (κ3) is 4.34. The van der Waals surface area contributed by atoms with Crippen LogP contribution in [-0.2, 0) is 9.53 Å². The number of rotatable bonds is 7. The number of benzene rings is 2. The fourth-order valence-electron chi connectivity index (χ4n) is 6.32. The number of hydrogen-bond donors (Lipinski definition) is 0. The van der Waals surface area contributed by atoms with Gasteiger partial charge in [0.05, 0.1) is 6.07 Å². The van der Waals surface area contributed by atoms with Crippen molar-refractivity contribution in [3.05, 3.63) is 59.7 Å². The fraction of sp³-hybridized carbons (Fsp3) is 0.483. The number of Topliss-reactive ketones (excluding diaryl/α,β-unsaturated/α-hetero) is 1.